The highest BCUT2D eigenvalue weighted by Crippen LogP contribution is 2.24. The molecule has 0 bridgehead atoms. The molecule has 0 aliphatic carbocycles. The quantitative estimate of drug-likeness (QED) is 0.897. The van der Waals surface area contributed by atoms with E-state index in [0.717, 1.165) is 10.2 Å². The monoisotopic (exact) mass is 279 g/mol. The number of rotatable bonds is 4. The number of nitrogens with two attached hydrogens (primary N) is 1. The number of aromatic nitrogens is 1. The fourth-order valence-corrected chi connectivity index (χ4v) is 2.32. The van der Waals surface area contributed by atoms with Crippen LogP contribution in [0.2, 0.25) is 0 Å². The van der Waals surface area contributed by atoms with Gasteiger partial charge in [0.05, 0.1) is 15.8 Å². The molecule has 2 aromatic rings. The molecule has 2 rings (SSSR count). The van der Waals surface area contributed by atoms with E-state index in [1.165, 1.54) is 11.3 Å². The fourth-order valence-electron chi connectivity index (χ4n) is 1.55. The molecule has 5 nitrogen and oxygen atoms in total. The van der Waals surface area contributed by atoms with E-state index in [1.54, 1.807) is 25.3 Å². The van der Waals surface area contributed by atoms with Crippen LogP contribution in [0.15, 0.2) is 18.2 Å². The van der Waals surface area contributed by atoms with Crippen molar-refractivity contribution in [2.45, 2.75) is 19.4 Å². The summed E-state index contributed by atoms with van der Waals surface area (Å²) in [5.41, 5.74) is 6.68. The Morgan fingerprint density at radius 3 is 2.95 bits per heavy atom. The molecule has 102 valence electrons. The molecule has 0 aliphatic heterocycles. The summed E-state index contributed by atoms with van der Waals surface area (Å²) >= 11 is 1.37. The molecule has 1 heterocycles. The number of benzene rings is 1. The van der Waals surface area contributed by atoms with E-state index in [2.05, 4.69) is 10.3 Å². The SMILES string of the molecule is COC(C)(C)CNC(=O)c1ccc2nc(N)sc2c1. The van der Waals surface area contributed by atoms with Crippen molar-refractivity contribution in [1.29, 1.82) is 0 Å². The Morgan fingerprint density at radius 1 is 1.53 bits per heavy atom. The van der Waals surface area contributed by atoms with E-state index >= 15 is 0 Å². The fraction of sp³-hybridized carbons (Fsp3) is 0.385. The first-order valence-corrected chi connectivity index (χ1v) is 6.72. The number of nitrogen functional groups attached to an aromatic ring is 1. The highest BCUT2D eigenvalue weighted by molar-refractivity contribution is 7.22. The van der Waals surface area contributed by atoms with Crippen LogP contribution in [-0.4, -0.2) is 30.1 Å². The van der Waals surface area contributed by atoms with Gasteiger partial charge < -0.3 is 15.8 Å². The summed E-state index contributed by atoms with van der Waals surface area (Å²) in [5, 5.41) is 3.36. The predicted molar refractivity (Wildman–Crippen MR) is 77.5 cm³/mol. The molecule has 1 amide bonds. The number of carbonyl (C=O) groups is 1. The van der Waals surface area contributed by atoms with Gasteiger partial charge in [0, 0.05) is 19.2 Å². The minimum absolute atomic E-state index is 0.126. The number of thiazole rings is 1. The van der Waals surface area contributed by atoms with E-state index in [-0.39, 0.29) is 11.5 Å². The van der Waals surface area contributed by atoms with Crippen molar-refractivity contribution in [3.8, 4) is 0 Å². The highest BCUT2D eigenvalue weighted by Gasteiger charge is 2.18. The van der Waals surface area contributed by atoms with Crippen molar-refractivity contribution in [3.05, 3.63) is 23.8 Å². The third-order valence-corrected chi connectivity index (χ3v) is 3.74. The maximum atomic E-state index is 12.0. The van der Waals surface area contributed by atoms with Gasteiger partial charge in [-0.2, -0.15) is 0 Å². The Kier molecular flexibility index (Phi) is 3.73. The lowest BCUT2D eigenvalue weighted by Gasteiger charge is -2.23. The summed E-state index contributed by atoms with van der Waals surface area (Å²) in [5.74, 6) is -0.126. The van der Waals surface area contributed by atoms with E-state index in [0.29, 0.717) is 17.2 Å². The largest absolute Gasteiger partial charge is 0.377 e. The minimum Gasteiger partial charge on any atom is -0.377 e. The van der Waals surface area contributed by atoms with Crippen LogP contribution in [0.25, 0.3) is 10.2 Å². The van der Waals surface area contributed by atoms with Gasteiger partial charge in [0.1, 0.15) is 0 Å². The van der Waals surface area contributed by atoms with Gasteiger partial charge in [-0.3, -0.25) is 4.79 Å². The first-order chi connectivity index (χ1) is 8.91. The van der Waals surface area contributed by atoms with Crippen LogP contribution in [0.3, 0.4) is 0 Å². The Hall–Kier alpha value is -1.66. The second-order valence-corrected chi connectivity index (χ2v) is 5.94. The van der Waals surface area contributed by atoms with Crippen LogP contribution in [0.4, 0.5) is 5.13 Å². The van der Waals surface area contributed by atoms with E-state index < -0.39 is 0 Å². The van der Waals surface area contributed by atoms with Gasteiger partial charge in [-0.1, -0.05) is 11.3 Å². The van der Waals surface area contributed by atoms with Crippen molar-refractivity contribution in [2.75, 3.05) is 19.4 Å². The zero-order chi connectivity index (χ0) is 14.0. The topological polar surface area (TPSA) is 77.2 Å². The third kappa shape index (κ3) is 3.21. The Morgan fingerprint density at radius 2 is 2.26 bits per heavy atom. The zero-order valence-electron chi connectivity index (χ0n) is 11.2. The molecule has 1 aromatic carbocycles. The number of amides is 1. The normalized spacial score (nSPS) is 11.7. The van der Waals surface area contributed by atoms with Gasteiger partial charge in [-0.05, 0) is 32.0 Å². The van der Waals surface area contributed by atoms with Crippen LogP contribution < -0.4 is 11.1 Å². The standard InChI is InChI=1S/C13H17N3O2S/c1-13(2,18-3)7-15-11(17)8-4-5-9-10(6-8)19-12(14)16-9/h4-6H,7H2,1-3H3,(H2,14,16)(H,15,17). The maximum absolute atomic E-state index is 12.0. The van der Waals surface area contributed by atoms with Crippen LogP contribution >= 0.6 is 11.3 Å². The van der Waals surface area contributed by atoms with Crippen LogP contribution in [0.5, 0.6) is 0 Å². The number of nitrogens with zero attached hydrogens (tertiary/aromatic N) is 1. The Labute approximate surface area is 115 Å². The van der Waals surface area contributed by atoms with Gasteiger partial charge in [-0.15, -0.1) is 0 Å². The lowest BCUT2D eigenvalue weighted by molar-refractivity contribution is 0.0229. The molecule has 0 spiro atoms. The molecule has 3 N–H and O–H groups in total. The van der Waals surface area contributed by atoms with Gasteiger partial charge >= 0.3 is 0 Å². The molecule has 0 aliphatic rings. The molecule has 0 saturated heterocycles. The molecule has 0 atom stereocenters. The first kappa shape index (κ1) is 13.8. The van der Waals surface area contributed by atoms with E-state index in [4.69, 9.17) is 10.5 Å². The summed E-state index contributed by atoms with van der Waals surface area (Å²) < 4.78 is 6.17. The van der Waals surface area contributed by atoms with Crippen molar-refractivity contribution in [1.82, 2.24) is 10.3 Å². The summed E-state index contributed by atoms with van der Waals surface area (Å²) in [7, 11) is 1.62. The minimum atomic E-state index is -0.380. The second-order valence-electron chi connectivity index (χ2n) is 4.88. The summed E-state index contributed by atoms with van der Waals surface area (Å²) in [6.45, 7) is 4.28. The average molecular weight is 279 g/mol. The molecular weight excluding hydrogens is 262 g/mol. The summed E-state index contributed by atoms with van der Waals surface area (Å²) in [6.07, 6.45) is 0. The molecule has 0 saturated carbocycles. The van der Waals surface area contributed by atoms with Crippen LogP contribution in [0.1, 0.15) is 24.2 Å². The number of carbonyl (C=O) groups excluding carboxylic acids is 1. The van der Waals surface area contributed by atoms with Gasteiger partial charge in [0.15, 0.2) is 5.13 Å². The Bertz CT molecular complexity index is 607. The van der Waals surface area contributed by atoms with Crippen molar-refractivity contribution in [2.24, 2.45) is 0 Å². The number of fused-ring (bicyclic) bond motifs is 1. The number of nitrogens with one attached hydrogen (secondary N) is 1. The van der Waals surface area contributed by atoms with E-state index in [1.807, 2.05) is 13.8 Å². The maximum Gasteiger partial charge on any atom is 0.251 e. The third-order valence-electron chi connectivity index (χ3n) is 2.89. The van der Waals surface area contributed by atoms with Crippen LogP contribution in [0, 0.1) is 0 Å². The molecule has 0 fully saturated rings. The van der Waals surface area contributed by atoms with Crippen molar-refractivity contribution in [3.63, 3.8) is 0 Å². The molecular formula is C13H17N3O2S. The van der Waals surface area contributed by atoms with Gasteiger partial charge in [-0.25, -0.2) is 4.98 Å². The van der Waals surface area contributed by atoms with Crippen molar-refractivity contribution >= 4 is 32.6 Å². The number of methoxy groups -OCH3 is 1. The number of hydrogen-bond donors (Lipinski definition) is 2. The first-order valence-electron chi connectivity index (χ1n) is 5.91. The number of ether oxygens (including phenoxy) is 1. The summed E-state index contributed by atoms with van der Waals surface area (Å²) in [4.78, 5) is 16.2. The van der Waals surface area contributed by atoms with Gasteiger partial charge in [0.2, 0.25) is 0 Å². The molecule has 0 unspecified atom stereocenters. The lowest BCUT2D eigenvalue weighted by atomic mass is 10.1. The molecule has 6 heteroatoms. The Balaban J connectivity index is 2.13. The predicted octanol–water partition coefficient (Wildman–Crippen LogP) is 2.03. The molecule has 19 heavy (non-hydrogen) atoms. The smallest absolute Gasteiger partial charge is 0.251 e. The zero-order valence-corrected chi connectivity index (χ0v) is 12.0. The number of hydrogen-bond acceptors (Lipinski definition) is 5. The van der Waals surface area contributed by atoms with E-state index in [9.17, 15) is 4.79 Å². The second kappa shape index (κ2) is 5.14. The number of anilines is 1. The highest BCUT2D eigenvalue weighted by atomic mass is 32.1. The van der Waals surface area contributed by atoms with Crippen LogP contribution in [-0.2, 0) is 4.74 Å². The van der Waals surface area contributed by atoms with Gasteiger partial charge in [0.25, 0.3) is 5.91 Å². The lowest BCUT2D eigenvalue weighted by Crippen LogP contribution is -2.39. The average Bonchev–Trinajstić information content (AvgIpc) is 2.75. The molecule has 0 radical (unpaired) electrons. The summed E-state index contributed by atoms with van der Waals surface area (Å²) in [6, 6.07) is 5.35. The van der Waals surface area contributed by atoms with Crippen molar-refractivity contribution < 1.29 is 9.53 Å². The molecule has 1 aromatic heterocycles.